The quantitative estimate of drug-likeness (QED) is 0.777. The molecule has 4 heteroatoms. The van der Waals surface area contributed by atoms with Crippen molar-refractivity contribution in [3.05, 3.63) is 64.5 Å². The summed E-state index contributed by atoms with van der Waals surface area (Å²) in [6.07, 6.45) is 2.23. The van der Waals surface area contributed by atoms with Crippen LogP contribution in [0.15, 0.2) is 36.4 Å². The van der Waals surface area contributed by atoms with Gasteiger partial charge in [0, 0.05) is 23.8 Å². The maximum Gasteiger partial charge on any atom is 0.173 e. The van der Waals surface area contributed by atoms with Crippen molar-refractivity contribution in [2.75, 3.05) is 5.32 Å². The number of halogens is 1. The van der Waals surface area contributed by atoms with E-state index in [1.54, 1.807) is 6.07 Å². The Morgan fingerprint density at radius 3 is 2.38 bits per heavy atom. The highest BCUT2D eigenvalue weighted by Gasteiger charge is 2.31. The largest absolute Gasteiger partial charge is 0.342 e. The number of benzene rings is 2. The number of aryl methyl sites for hydroxylation is 3. The van der Waals surface area contributed by atoms with Gasteiger partial charge >= 0.3 is 0 Å². The van der Waals surface area contributed by atoms with E-state index in [1.807, 2.05) is 12.1 Å². The summed E-state index contributed by atoms with van der Waals surface area (Å²) >= 11 is 5.66. The summed E-state index contributed by atoms with van der Waals surface area (Å²) in [5.74, 6) is -0.173. The molecule has 24 heavy (non-hydrogen) atoms. The SMILES string of the molecule is Cc1cc(C)c(NC(=S)N(Cc2ccccc2F)C2CC2)c(C)c1. The number of anilines is 1. The molecule has 1 aliphatic rings. The monoisotopic (exact) mass is 342 g/mol. The zero-order valence-electron chi connectivity index (χ0n) is 14.4. The Hall–Kier alpha value is -1.94. The van der Waals surface area contributed by atoms with E-state index in [0.717, 1.165) is 18.5 Å². The third-order valence-corrected chi connectivity index (χ3v) is 4.79. The van der Waals surface area contributed by atoms with Gasteiger partial charge in [-0.25, -0.2) is 4.39 Å². The Kier molecular flexibility index (Phi) is 4.86. The summed E-state index contributed by atoms with van der Waals surface area (Å²) in [7, 11) is 0. The maximum absolute atomic E-state index is 14.0. The zero-order valence-corrected chi connectivity index (χ0v) is 15.2. The molecule has 0 aliphatic heterocycles. The molecular weight excluding hydrogens is 319 g/mol. The molecule has 126 valence electrons. The van der Waals surface area contributed by atoms with Crippen LogP contribution in [0.25, 0.3) is 0 Å². The second-order valence-electron chi connectivity index (χ2n) is 6.65. The molecule has 0 atom stereocenters. The third kappa shape index (κ3) is 3.75. The van der Waals surface area contributed by atoms with Crippen molar-refractivity contribution in [3.8, 4) is 0 Å². The molecule has 1 aliphatic carbocycles. The first-order chi connectivity index (χ1) is 11.5. The van der Waals surface area contributed by atoms with Crippen molar-refractivity contribution in [1.29, 1.82) is 0 Å². The molecule has 0 unspecified atom stereocenters. The minimum Gasteiger partial charge on any atom is -0.342 e. The van der Waals surface area contributed by atoms with Gasteiger partial charge in [-0.15, -0.1) is 0 Å². The fraction of sp³-hybridized carbons (Fsp3) is 0.350. The number of nitrogens with one attached hydrogen (secondary N) is 1. The number of hydrogen-bond donors (Lipinski definition) is 1. The average Bonchev–Trinajstić information content (AvgIpc) is 3.34. The molecule has 0 saturated heterocycles. The van der Waals surface area contributed by atoms with Crippen LogP contribution in [-0.2, 0) is 6.54 Å². The van der Waals surface area contributed by atoms with Crippen molar-refractivity contribution in [2.24, 2.45) is 0 Å². The maximum atomic E-state index is 14.0. The minimum atomic E-state index is -0.173. The van der Waals surface area contributed by atoms with Crippen LogP contribution in [-0.4, -0.2) is 16.1 Å². The molecule has 2 nitrogen and oxygen atoms in total. The summed E-state index contributed by atoms with van der Waals surface area (Å²) < 4.78 is 14.0. The lowest BCUT2D eigenvalue weighted by molar-refractivity contribution is 0.400. The molecule has 0 radical (unpaired) electrons. The lowest BCUT2D eigenvalue weighted by atomic mass is 10.1. The molecule has 2 aromatic rings. The van der Waals surface area contributed by atoms with E-state index in [2.05, 4.69) is 43.1 Å². The van der Waals surface area contributed by atoms with Crippen LogP contribution in [0.1, 0.15) is 35.1 Å². The molecule has 1 saturated carbocycles. The molecule has 0 bridgehead atoms. The number of nitrogens with zero attached hydrogens (tertiary/aromatic N) is 1. The predicted molar refractivity (Wildman–Crippen MR) is 102 cm³/mol. The molecule has 0 spiro atoms. The summed E-state index contributed by atoms with van der Waals surface area (Å²) in [6.45, 7) is 6.77. The first-order valence-electron chi connectivity index (χ1n) is 8.34. The average molecular weight is 342 g/mol. The Morgan fingerprint density at radius 1 is 1.17 bits per heavy atom. The fourth-order valence-electron chi connectivity index (χ4n) is 3.12. The zero-order chi connectivity index (χ0) is 17.3. The van der Waals surface area contributed by atoms with Crippen molar-refractivity contribution in [3.63, 3.8) is 0 Å². The van der Waals surface area contributed by atoms with Gasteiger partial charge in [0.05, 0.1) is 0 Å². The Labute approximate surface area is 148 Å². The van der Waals surface area contributed by atoms with Gasteiger partial charge in [0.25, 0.3) is 0 Å². The van der Waals surface area contributed by atoms with Gasteiger partial charge in [-0.1, -0.05) is 35.9 Å². The van der Waals surface area contributed by atoms with Crippen LogP contribution in [0.5, 0.6) is 0 Å². The number of rotatable bonds is 4. The summed E-state index contributed by atoms with van der Waals surface area (Å²) in [6, 6.07) is 11.6. The molecule has 2 aromatic carbocycles. The van der Waals surface area contributed by atoms with E-state index in [4.69, 9.17) is 12.2 Å². The lowest BCUT2D eigenvalue weighted by Gasteiger charge is -2.27. The van der Waals surface area contributed by atoms with Gasteiger partial charge in [0.1, 0.15) is 5.82 Å². The second kappa shape index (κ2) is 6.89. The molecule has 1 N–H and O–H groups in total. The van der Waals surface area contributed by atoms with Gasteiger partial charge in [0.15, 0.2) is 5.11 Å². The highest BCUT2D eigenvalue weighted by molar-refractivity contribution is 7.80. The summed E-state index contributed by atoms with van der Waals surface area (Å²) in [5.41, 5.74) is 5.34. The van der Waals surface area contributed by atoms with E-state index in [9.17, 15) is 4.39 Å². The standard InChI is InChI=1S/C20H23FN2S/c1-13-10-14(2)19(15(3)11-13)22-20(24)23(17-8-9-17)12-16-6-4-5-7-18(16)21/h4-7,10-11,17H,8-9,12H2,1-3H3,(H,22,24). The van der Waals surface area contributed by atoms with E-state index in [0.29, 0.717) is 23.3 Å². The van der Waals surface area contributed by atoms with Gasteiger partial charge in [0.2, 0.25) is 0 Å². The second-order valence-corrected chi connectivity index (χ2v) is 7.04. The smallest absolute Gasteiger partial charge is 0.173 e. The fourth-order valence-corrected chi connectivity index (χ4v) is 3.43. The Morgan fingerprint density at radius 2 is 1.79 bits per heavy atom. The summed E-state index contributed by atoms with van der Waals surface area (Å²) in [5, 5.41) is 4.08. The van der Waals surface area contributed by atoms with Gasteiger partial charge in [-0.3, -0.25) is 0 Å². The van der Waals surface area contributed by atoms with Crippen molar-refractivity contribution in [1.82, 2.24) is 4.90 Å². The number of hydrogen-bond acceptors (Lipinski definition) is 1. The van der Waals surface area contributed by atoms with Crippen LogP contribution in [0.3, 0.4) is 0 Å². The molecule has 0 aromatic heterocycles. The van der Waals surface area contributed by atoms with Crippen molar-refractivity contribution in [2.45, 2.75) is 46.2 Å². The molecular formula is C20H23FN2S. The third-order valence-electron chi connectivity index (χ3n) is 4.46. The molecule has 3 rings (SSSR count). The van der Waals surface area contributed by atoms with E-state index >= 15 is 0 Å². The Bertz CT molecular complexity index is 745. The normalized spacial score (nSPS) is 13.7. The van der Waals surface area contributed by atoms with E-state index in [1.165, 1.54) is 22.8 Å². The van der Waals surface area contributed by atoms with Crippen molar-refractivity contribution >= 4 is 23.0 Å². The molecule has 1 fully saturated rings. The highest BCUT2D eigenvalue weighted by atomic mass is 32.1. The van der Waals surface area contributed by atoms with Crippen LogP contribution in [0.4, 0.5) is 10.1 Å². The predicted octanol–water partition coefficient (Wildman–Crippen LogP) is 5.11. The van der Waals surface area contributed by atoms with Gasteiger partial charge in [-0.2, -0.15) is 0 Å². The number of thiocarbonyl (C=S) groups is 1. The molecule has 0 heterocycles. The van der Waals surface area contributed by atoms with Crippen LogP contribution in [0.2, 0.25) is 0 Å². The lowest BCUT2D eigenvalue weighted by Crippen LogP contribution is -2.36. The van der Waals surface area contributed by atoms with Crippen LogP contribution < -0.4 is 5.32 Å². The van der Waals surface area contributed by atoms with Crippen LogP contribution >= 0.6 is 12.2 Å². The Balaban J connectivity index is 1.80. The first-order valence-corrected chi connectivity index (χ1v) is 8.75. The topological polar surface area (TPSA) is 15.3 Å². The summed E-state index contributed by atoms with van der Waals surface area (Å²) in [4.78, 5) is 2.12. The first kappa shape index (κ1) is 16.9. The van der Waals surface area contributed by atoms with Gasteiger partial charge < -0.3 is 10.2 Å². The minimum absolute atomic E-state index is 0.173. The van der Waals surface area contributed by atoms with Gasteiger partial charge in [-0.05, 0) is 63.0 Å². The van der Waals surface area contributed by atoms with Crippen LogP contribution in [0, 0.1) is 26.6 Å². The van der Waals surface area contributed by atoms with Crippen molar-refractivity contribution < 1.29 is 4.39 Å². The van der Waals surface area contributed by atoms with E-state index < -0.39 is 0 Å². The highest BCUT2D eigenvalue weighted by Crippen LogP contribution is 2.30. The molecule has 0 amide bonds. The van der Waals surface area contributed by atoms with E-state index in [-0.39, 0.29) is 5.82 Å².